The van der Waals surface area contributed by atoms with Crippen LogP contribution in [0.3, 0.4) is 0 Å². The van der Waals surface area contributed by atoms with E-state index in [-0.39, 0.29) is 27.0 Å². The van der Waals surface area contributed by atoms with Gasteiger partial charge in [-0.1, -0.05) is 23.2 Å². The topological polar surface area (TPSA) is 133 Å². The first-order valence-electron chi connectivity index (χ1n) is 6.22. The Hall–Kier alpha value is -3.02. The fourth-order valence-electron chi connectivity index (χ4n) is 1.98. The number of carbonyl (C=O) groups is 1. The Labute approximate surface area is 145 Å². The molecule has 0 aliphatic rings. The van der Waals surface area contributed by atoms with Crippen LogP contribution in [-0.2, 0) is 0 Å². The number of aromatic hydroxyl groups is 1. The minimum Gasteiger partial charge on any atom is -0.505 e. The number of rotatable bonds is 3. The number of amides is 2. The number of nitro groups is 1. The molecule has 122 valence electrons. The van der Waals surface area contributed by atoms with Crippen molar-refractivity contribution in [2.45, 2.75) is 0 Å². The van der Waals surface area contributed by atoms with Gasteiger partial charge in [0.15, 0.2) is 0 Å². The summed E-state index contributed by atoms with van der Waals surface area (Å²) in [6.45, 7) is 0. The molecule has 8 nitrogen and oxygen atoms in total. The Balaban J connectivity index is 2.66. The normalized spacial score (nSPS) is 10.0. The molecule has 0 fully saturated rings. The molecule has 0 spiro atoms. The maximum atomic E-state index is 11.8. The second-order valence-electron chi connectivity index (χ2n) is 4.50. The molecule has 0 saturated heterocycles. The molecule has 0 heterocycles. The van der Waals surface area contributed by atoms with Crippen LogP contribution in [-0.4, -0.2) is 16.1 Å². The number of urea groups is 1. The predicted molar refractivity (Wildman–Crippen MR) is 87.7 cm³/mol. The molecule has 2 aromatic rings. The largest absolute Gasteiger partial charge is 0.505 e. The summed E-state index contributed by atoms with van der Waals surface area (Å²) in [5.41, 5.74) is 4.93. The zero-order chi connectivity index (χ0) is 18.0. The lowest BCUT2D eigenvalue weighted by Crippen LogP contribution is -2.31. The summed E-state index contributed by atoms with van der Waals surface area (Å²) >= 11 is 11.9. The number of anilines is 2. The van der Waals surface area contributed by atoms with Gasteiger partial charge in [-0.15, -0.1) is 0 Å². The van der Waals surface area contributed by atoms with Crippen molar-refractivity contribution in [1.29, 1.82) is 5.26 Å². The van der Waals surface area contributed by atoms with E-state index in [9.17, 15) is 20.0 Å². The Morgan fingerprint density at radius 3 is 2.42 bits per heavy atom. The monoisotopic (exact) mass is 366 g/mol. The number of primary amides is 1. The van der Waals surface area contributed by atoms with Crippen molar-refractivity contribution < 1.29 is 14.8 Å². The van der Waals surface area contributed by atoms with Crippen molar-refractivity contribution in [1.82, 2.24) is 0 Å². The van der Waals surface area contributed by atoms with Crippen LogP contribution in [0.2, 0.25) is 10.0 Å². The minimum absolute atomic E-state index is 0.0155. The van der Waals surface area contributed by atoms with Gasteiger partial charge in [0.05, 0.1) is 39.0 Å². The maximum Gasteiger partial charge on any atom is 0.324 e. The molecule has 0 bridgehead atoms. The number of nitro benzene ring substituents is 1. The number of nitriles is 1. The van der Waals surface area contributed by atoms with Crippen LogP contribution in [0.4, 0.5) is 21.9 Å². The van der Waals surface area contributed by atoms with Crippen molar-refractivity contribution in [3.63, 3.8) is 0 Å². The molecule has 0 aliphatic heterocycles. The molecule has 2 amide bonds. The fraction of sp³-hybridized carbons (Fsp3) is 0. The fourth-order valence-corrected chi connectivity index (χ4v) is 2.48. The molecule has 0 aromatic heterocycles. The highest BCUT2D eigenvalue weighted by Crippen LogP contribution is 2.41. The zero-order valence-corrected chi connectivity index (χ0v) is 13.2. The molecule has 24 heavy (non-hydrogen) atoms. The van der Waals surface area contributed by atoms with E-state index in [4.69, 9.17) is 34.2 Å². The summed E-state index contributed by atoms with van der Waals surface area (Å²) in [5, 5.41) is 29.4. The van der Waals surface area contributed by atoms with Crippen molar-refractivity contribution in [3.05, 3.63) is 56.1 Å². The summed E-state index contributed by atoms with van der Waals surface area (Å²) in [4.78, 5) is 22.7. The van der Waals surface area contributed by atoms with Gasteiger partial charge in [0, 0.05) is 0 Å². The van der Waals surface area contributed by atoms with E-state index in [0.717, 1.165) is 17.0 Å². The SMILES string of the molecule is N#Cc1ccc(N(C(N)=O)c2cc(Cl)c([N+](=O)[O-])cc2O)c(Cl)c1. The number of hydrogen-bond donors (Lipinski definition) is 2. The second-order valence-corrected chi connectivity index (χ2v) is 5.32. The number of halogens is 2. The van der Waals surface area contributed by atoms with Crippen molar-refractivity contribution in [2.75, 3.05) is 4.90 Å². The van der Waals surface area contributed by atoms with Gasteiger partial charge >= 0.3 is 6.03 Å². The lowest BCUT2D eigenvalue weighted by molar-refractivity contribution is -0.384. The number of phenolic OH excluding ortho intramolecular Hbond substituents is 1. The summed E-state index contributed by atoms with van der Waals surface area (Å²) < 4.78 is 0. The van der Waals surface area contributed by atoms with E-state index >= 15 is 0 Å². The molecule has 2 aromatic carbocycles. The highest BCUT2D eigenvalue weighted by Gasteiger charge is 2.25. The molecule has 3 N–H and O–H groups in total. The Morgan fingerprint density at radius 2 is 1.92 bits per heavy atom. The van der Waals surface area contributed by atoms with E-state index in [0.29, 0.717) is 0 Å². The van der Waals surface area contributed by atoms with Gasteiger partial charge in [-0.25, -0.2) is 4.79 Å². The molecule has 0 unspecified atom stereocenters. The molecule has 0 saturated carbocycles. The molecular weight excluding hydrogens is 359 g/mol. The Bertz CT molecular complexity index is 895. The maximum absolute atomic E-state index is 11.8. The zero-order valence-electron chi connectivity index (χ0n) is 11.7. The molecule has 0 atom stereocenters. The van der Waals surface area contributed by atoms with Crippen LogP contribution in [0.15, 0.2) is 30.3 Å². The second kappa shape index (κ2) is 6.62. The number of nitrogens with two attached hydrogens (primary N) is 1. The highest BCUT2D eigenvalue weighted by atomic mass is 35.5. The standard InChI is InChI=1S/C14H8Cl2N4O4/c15-8-3-7(6-17)1-2-10(8)19(14(18)22)12-4-9(16)11(20(23)24)5-13(12)21/h1-5,21H,(H2,18,22). The van der Waals surface area contributed by atoms with Crippen LogP contribution in [0.1, 0.15) is 5.56 Å². The van der Waals surface area contributed by atoms with Gasteiger partial charge in [0.1, 0.15) is 10.8 Å². The van der Waals surface area contributed by atoms with Gasteiger partial charge in [-0.3, -0.25) is 15.0 Å². The van der Waals surface area contributed by atoms with Gasteiger partial charge in [-0.2, -0.15) is 5.26 Å². The number of hydrogen-bond acceptors (Lipinski definition) is 5. The summed E-state index contributed by atoms with van der Waals surface area (Å²) in [5.74, 6) is -0.592. The Kier molecular flexibility index (Phi) is 4.78. The third kappa shape index (κ3) is 3.17. The minimum atomic E-state index is -1.01. The number of carbonyl (C=O) groups excluding carboxylic acids is 1. The number of nitrogens with zero attached hydrogens (tertiary/aromatic N) is 3. The third-order valence-electron chi connectivity index (χ3n) is 3.02. The van der Waals surface area contributed by atoms with Gasteiger partial charge in [0.25, 0.3) is 5.69 Å². The predicted octanol–water partition coefficient (Wildman–Crippen LogP) is 3.70. The van der Waals surface area contributed by atoms with Gasteiger partial charge in [-0.05, 0) is 24.3 Å². The average Bonchev–Trinajstić information content (AvgIpc) is 2.51. The van der Waals surface area contributed by atoms with Gasteiger partial charge in [0.2, 0.25) is 0 Å². The highest BCUT2D eigenvalue weighted by molar-refractivity contribution is 6.35. The van der Waals surface area contributed by atoms with Crippen LogP contribution >= 0.6 is 23.2 Å². The molecule has 0 radical (unpaired) electrons. The molecule has 0 aliphatic carbocycles. The van der Waals surface area contributed by atoms with Crippen LogP contribution in [0, 0.1) is 21.4 Å². The van der Waals surface area contributed by atoms with Crippen LogP contribution < -0.4 is 10.6 Å². The smallest absolute Gasteiger partial charge is 0.324 e. The first-order valence-corrected chi connectivity index (χ1v) is 6.98. The summed E-state index contributed by atoms with van der Waals surface area (Å²) in [6.07, 6.45) is 0. The van der Waals surface area contributed by atoms with Crippen molar-refractivity contribution in [2.24, 2.45) is 5.73 Å². The van der Waals surface area contributed by atoms with Crippen molar-refractivity contribution in [3.8, 4) is 11.8 Å². The first-order chi connectivity index (χ1) is 11.3. The van der Waals surface area contributed by atoms with E-state index in [1.807, 2.05) is 6.07 Å². The van der Waals surface area contributed by atoms with E-state index < -0.39 is 22.4 Å². The number of phenols is 1. The Morgan fingerprint density at radius 1 is 1.25 bits per heavy atom. The summed E-state index contributed by atoms with van der Waals surface area (Å²) in [6, 6.07) is 6.73. The molecule has 2 rings (SSSR count). The van der Waals surface area contributed by atoms with Gasteiger partial charge < -0.3 is 10.8 Å². The van der Waals surface area contributed by atoms with Crippen LogP contribution in [0.5, 0.6) is 5.75 Å². The van der Waals surface area contributed by atoms with Crippen LogP contribution in [0.25, 0.3) is 0 Å². The average molecular weight is 367 g/mol. The van der Waals surface area contributed by atoms with E-state index in [2.05, 4.69) is 0 Å². The lowest BCUT2D eigenvalue weighted by Gasteiger charge is -2.22. The van der Waals surface area contributed by atoms with E-state index in [1.54, 1.807) is 0 Å². The van der Waals surface area contributed by atoms with E-state index in [1.165, 1.54) is 18.2 Å². The summed E-state index contributed by atoms with van der Waals surface area (Å²) in [7, 11) is 0. The third-order valence-corrected chi connectivity index (χ3v) is 3.63. The lowest BCUT2D eigenvalue weighted by atomic mass is 10.1. The quantitative estimate of drug-likeness (QED) is 0.630. The first kappa shape index (κ1) is 17.3. The van der Waals surface area contributed by atoms with Crippen molar-refractivity contribution >= 4 is 46.3 Å². The number of benzene rings is 2. The molecule has 10 heteroatoms. The molecular formula is C14H8Cl2N4O4.